The van der Waals surface area contributed by atoms with Crippen molar-refractivity contribution in [2.24, 2.45) is 0 Å². The number of fused-ring (bicyclic) bond motifs is 1. The quantitative estimate of drug-likeness (QED) is 0.616. The Balaban J connectivity index is 1.63. The van der Waals surface area contributed by atoms with Gasteiger partial charge in [-0.25, -0.2) is 14.8 Å². The number of rotatable bonds is 5. The van der Waals surface area contributed by atoms with E-state index in [1.165, 1.54) is 7.11 Å². The molecule has 9 nitrogen and oxygen atoms in total. The van der Waals surface area contributed by atoms with Gasteiger partial charge in [0.05, 0.1) is 24.3 Å². The van der Waals surface area contributed by atoms with E-state index in [4.69, 9.17) is 14.7 Å². The first-order valence-electron chi connectivity index (χ1n) is 11.1. The third-order valence-corrected chi connectivity index (χ3v) is 5.87. The SMILES string of the molecule is COc1cc2nc(C)nc(NCc3cccc(C#N)c3)c2cc1OC(=O)N1CCN(C)CC1C. The Morgan fingerprint density at radius 3 is 2.79 bits per heavy atom. The van der Waals surface area contributed by atoms with Gasteiger partial charge in [-0.1, -0.05) is 12.1 Å². The number of ether oxygens (including phenoxy) is 2. The fourth-order valence-electron chi connectivity index (χ4n) is 4.13. The molecule has 9 heteroatoms. The smallest absolute Gasteiger partial charge is 0.415 e. The molecule has 4 rings (SSSR count). The number of nitrogens with one attached hydrogen (secondary N) is 1. The van der Waals surface area contributed by atoms with E-state index in [2.05, 4.69) is 26.3 Å². The molecule has 1 saturated heterocycles. The second kappa shape index (κ2) is 9.93. The van der Waals surface area contributed by atoms with Crippen LogP contribution in [0.4, 0.5) is 10.6 Å². The largest absolute Gasteiger partial charge is 0.493 e. The summed E-state index contributed by atoms with van der Waals surface area (Å²) in [6.45, 7) is 6.48. The molecule has 0 aliphatic carbocycles. The molecule has 2 aromatic carbocycles. The molecule has 1 unspecified atom stereocenters. The number of anilines is 1. The Kier molecular flexibility index (Phi) is 6.80. The van der Waals surface area contributed by atoms with E-state index in [0.29, 0.717) is 52.7 Å². The Hall–Kier alpha value is -3.90. The van der Waals surface area contributed by atoms with Crippen LogP contribution in [-0.2, 0) is 6.54 Å². The number of carbonyl (C=O) groups excluding carboxylic acids is 1. The standard InChI is InChI=1S/C25H28N6O3/c1-16-15-30(3)8-9-31(16)25(32)34-23-11-20-21(12-22(23)33-4)28-17(2)29-24(20)27-14-19-7-5-6-18(10-19)13-26/h5-7,10-12,16H,8-9,14-15H2,1-4H3,(H,27,28,29). The number of nitriles is 1. The maximum absolute atomic E-state index is 13.0. The lowest BCUT2D eigenvalue weighted by molar-refractivity contribution is 0.0886. The molecule has 1 aliphatic rings. The molecule has 1 N–H and O–H groups in total. The van der Waals surface area contributed by atoms with Crippen molar-refractivity contribution in [2.45, 2.75) is 26.4 Å². The van der Waals surface area contributed by atoms with Crippen LogP contribution in [0.3, 0.4) is 0 Å². The van der Waals surface area contributed by atoms with Gasteiger partial charge in [-0.2, -0.15) is 5.26 Å². The number of hydrogen-bond donors (Lipinski definition) is 1. The minimum atomic E-state index is -0.408. The van der Waals surface area contributed by atoms with Gasteiger partial charge in [0, 0.05) is 43.7 Å². The van der Waals surface area contributed by atoms with Crippen molar-refractivity contribution in [2.75, 3.05) is 39.1 Å². The number of aryl methyl sites for hydroxylation is 1. The van der Waals surface area contributed by atoms with Gasteiger partial charge in [0.2, 0.25) is 0 Å². The van der Waals surface area contributed by atoms with Crippen LogP contribution in [-0.4, -0.2) is 65.7 Å². The van der Waals surface area contributed by atoms with E-state index in [1.807, 2.05) is 39.1 Å². The summed E-state index contributed by atoms with van der Waals surface area (Å²) in [5.74, 6) is 1.94. The topological polar surface area (TPSA) is 104 Å². The molecule has 0 radical (unpaired) electrons. The molecule has 1 atom stereocenters. The van der Waals surface area contributed by atoms with E-state index in [-0.39, 0.29) is 6.04 Å². The van der Waals surface area contributed by atoms with Crippen LogP contribution < -0.4 is 14.8 Å². The van der Waals surface area contributed by atoms with Crippen LogP contribution in [0.1, 0.15) is 23.9 Å². The Bertz CT molecular complexity index is 1260. The van der Waals surface area contributed by atoms with Gasteiger partial charge in [-0.15, -0.1) is 0 Å². The van der Waals surface area contributed by atoms with Crippen molar-refractivity contribution in [3.05, 3.63) is 53.3 Å². The molecule has 0 saturated carbocycles. The molecule has 176 valence electrons. The number of nitrogens with zero attached hydrogens (tertiary/aromatic N) is 5. The summed E-state index contributed by atoms with van der Waals surface area (Å²) in [6, 6.07) is 13.1. The highest BCUT2D eigenvalue weighted by Crippen LogP contribution is 2.35. The van der Waals surface area contributed by atoms with Gasteiger partial charge in [0.15, 0.2) is 11.5 Å². The maximum Gasteiger partial charge on any atom is 0.415 e. The van der Waals surface area contributed by atoms with Gasteiger partial charge < -0.3 is 24.6 Å². The number of benzene rings is 2. The zero-order valence-electron chi connectivity index (χ0n) is 19.8. The van der Waals surface area contributed by atoms with E-state index in [9.17, 15) is 4.79 Å². The van der Waals surface area contributed by atoms with Gasteiger partial charge in [0.25, 0.3) is 0 Å². The second-order valence-electron chi connectivity index (χ2n) is 8.48. The van der Waals surface area contributed by atoms with Gasteiger partial charge in [0.1, 0.15) is 11.6 Å². The fourth-order valence-corrected chi connectivity index (χ4v) is 4.13. The van der Waals surface area contributed by atoms with Gasteiger partial charge in [-0.05, 0) is 44.7 Å². The van der Waals surface area contributed by atoms with Crippen LogP contribution in [0.5, 0.6) is 11.5 Å². The predicted octanol–water partition coefficient (Wildman–Crippen LogP) is 3.57. The summed E-state index contributed by atoms with van der Waals surface area (Å²) in [5.41, 5.74) is 2.22. The number of likely N-dealkylation sites (N-methyl/N-ethyl adjacent to an activating group) is 1. The summed E-state index contributed by atoms with van der Waals surface area (Å²) in [7, 11) is 3.57. The number of piperazine rings is 1. The summed E-state index contributed by atoms with van der Waals surface area (Å²) in [6.07, 6.45) is -0.408. The highest BCUT2D eigenvalue weighted by molar-refractivity contribution is 5.92. The van der Waals surface area contributed by atoms with E-state index in [1.54, 1.807) is 23.1 Å². The van der Waals surface area contributed by atoms with Crippen LogP contribution >= 0.6 is 0 Å². The lowest BCUT2D eigenvalue weighted by Crippen LogP contribution is -2.53. The lowest BCUT2D eigenvalue weighted by atomic mass is 10.1. The van der Waals surface area contributed by atoms with Gasteiger partial charge >= 0.3 is 6.09 Å². The Morgan fingerprint density at radius 1 is 1.24 bits per heavy atom. The minimum Gasteiger partial charge on any atom is -0.493 e. The molecule has 1 amide bonds. The molecule has 0 bridgehead atoms. The van der Waals surface area contributed by atoms with Crippen molar-refractivity contribution in [1.29, 1.82) is 5.26 Å². The third kappa shape index (κ3) is 5.02. The molecule has 1 fully saturated rings. The number of amides is 1. The number of aromatic nitrogens is 2. The molecule has 3 aromatic rings. The van der Waals surface area contributed by atoms with Crippen molar-refractivity contribution in [3.63, 3.8) is 0 Å². The molecule has 0 spiro atoms. The molecular formula is C25H28N6O3. The molecular weight excluding hydrogens is 432 g/mol. The van der Waals surface area contributed by atoms with Crippen LogP contribution in [0.2, 0.25) is 0 Å². The zero-order valence-corrected chi connectivity index (χ0v) is 19.8. The van der Waals surface area contributed by atoms with Crippen molar-refractivity contribution in [1.82, 2.24) is 19.8 Å². The Morgan fingerprint density at radius 2 is 2.06 bits per heavy atom. The first-order chi connectivity index (χ1) is 16.4. The Labute approximate surface area is 198 Å². The fraction of sp³-hybridized carbons (Fsp3) is 0.360. The second-order valence-corrected chi connectivity index (χ2v) is 8.48. The summed E-state index contributed by atoms with van der Waals surface area (Å²) in [4.78, 5) is 26.0. The summed E-state index contributed by atoms with van der Waals surface area (Å²) < 4.78 is 11.3. The normalized spacial score (nSPS) is 16.2. The van der Waals surface area contributed by atoms with Gasteiger partial charge in [-0.3, -0.25) is 0 Å². The predicted molar refractivity (Wildman–Crippen MR) is 129 cm³/mol. The lowest BCUT2D eigenvalue weighted by Gasteiger charge is -2.37. The first kappa shape index (κ1) is 23.3. The van der Waals surface area contributed by atoms with E-state index < -0.39 is 6.09 Å². The summed E-state index contributed by atoms with van der Waals surface area (Å²) >= 11 is 0. The number of carbonyl (C=O) groups is 1. The number of hydrogen-bond acceptors (Lipinski definition) is 8. The van der Waals surface area contributed by atoms with Crippen molar-refractivity contribution >= 4 is 22.8 Å². The van der Waals surface area contributed by atoms with E-state index in [0.717, 1.165) is 18.7 Å². The molecule has 2 heterocycles. The van der Waals surface area contributed by atoms with Crippen molar-refractivity contribution < 1.29 is 14.3 Å². The number of methoxy groups -OCH3 is 1. The summed E-state index contributed by atoms with van der Waals surface area (Å²) in [5, 5.41) is 13.2. The highest BCUT2D eigenvalue weighted by atomic mass is 16.6. The van der Waals surface area contributed by atoms with Crippen LogP contribution in [0, 0.1) is 18.3 Å². The monoisotopic (exact) mass is 460 g/mol. The van der Waals surface area contributed by atoms with Crippen LogP contribution in [0.25, 0.3) is 10.9 Å². The molecule has 1 aromatic heterocycles. The third-order valence-electron chi connectivity index (χ3n) is 5.87. The average Bonchev–Trinajstić information content (AvgIpc) is 2.82. The highest BCUT2D eigenvalue weighted by Gasteiger charge is 2.28. The van der Waals surface area contributed by atoms with Crippen LogP contribution in [0.15, 0.2) is 36.4 Å². The minimum absolute atomic E-state index is 0.0464. The molecule has 34 heavy (non-hydrogen) atoms. The first-order valence-corrected chi connectivity index (χ1v) is 11.1. The van der Waals surface area contributed by atoms with E-state index >= 15 is 0 Å². The zero-order chi connectivity index (χ0) is 24.2. The maximum atomic E-state index is 13.0. The van der Waals surface area contributed by atoms with Crippen molar-refractivity contribution in [3.8, 4) is 17.6 Å². The molecule has 1 aliphatic heterocycles. The average molecular weight is 461 g/mol.